The molecule has 106 valence electrons. The van der Waals surface area contributed by atoms with E-state index in [2.05, 4.69) is 15.9 Å². The van der Waals surface area contributed by atoms with Crippen LogP contribution < -0.4 is 9.47 Å². The lowest BCUT2D eigenvalue weighted by atomic mass is 9.99. The van der Waals surface area contributed by atoms with Crippen molar-refractivity contribution in [1.82, 2.24) is 0 Å². The summed E-state index contributed by atoms with van der Waals surface area (Å²) in [6, 6.07) is 11.2. The van der Waals surface area contributed by atoms with E-state index in [0.29, 0.717) is 11.5 Å². The Kier molecular flexibility index (Phi) is 4.68. The number of rotatable bonds is 4. The van der Waals surface area contributed by atoms with Crippen molar-refractivity contribution in [3.05, 3.63) is 57.6 Å². The van der Waals surface area contributed by atoms with Gasteiger partial charge in [-0.05, 0) is 35.7 Å². The highest BCUT2D eigenvalue weighted by molar-refractivity contribution is 9.10. The predicted molar refractivity (Wildman–Crippen MR) is 82.5 cm³/mol. The lowest BCUT2D eigenvalue weighted by Crippen LogP contribution is -2.02. The molecule has 0 fully saturated rings. The lowest BCUT2D eigenvalue weighted by molar-refractivity contribution is 0.218. The third kappa shape index (κ3) is 2.81. The number of halogens is 1. The Labute approximate surface area is 127 Å². The maximum Gasteiger partial charge on any atom is 0.161 e. The van der Waals surface area contributed by atoms with E-state index >= 15 is 0 Å². The predicted octanol–water partition coefficient (Wildman–Crippen LogP) is 3.86. The Bertz CT molecular complexity index is 611. The zero-order valence-corrected chi connectivity index (χ0v) is 13.3. The number of aryl methyl sites for hydroxylation is 1. The van der Waals surface area contributed by atoms with Gasteiger partial charge in [-0.1, -0.05) is 40.2 Å². The van der Waals surface area contributed by atoms with Crippen LogP contribution in [0, 0.1) is 6.92 Å². The minimum Gasteiger partial charge on any atom is -0.493 e. The van der Waals surface area contributed by atoms with Crippen molar-refractivity contribution in [2.75, 3.05) is 14.2 Å². The molecule has 3 nitrogen and oxygen atoms in total. The van der Waals surface area contributed by atoms with Gasteiger partial charge in [0.1, 0.15) is 6.10 Å². The van der Waals surface area contributed by atoms with Gasteiger partial charge in [-0.2, -0.15) is 0 Å². The van der Waals surface area contributed by atoms with Crippen LogP contribution in [0.15, 0.2) is 40.9 Å². The third-order valence-corrected chi connectivity index (χ3v) is 4.32. The van der Waals surface area contributed by atoms with Gasteiger partial charge in [-0.15, -0.1) is 0 Å². The molecule has 0 amide bonds. The zero-order valence-electron chi connectivity index (χ0n) is 11.7. The SMILES string of the molecule is COc1ccc(C(O)c2cccc(C)c2Br)cc1OC. The second-order valence-corrected chi connectivity index (χ2v) is 5.29. The van der Waals surface area contributed by atoms with Crippen LogP contribution in [0.3, 0.4) is 0 Å². The van der Waals surface area contributed by atoms with Gasteiger partial charge in [0.2, 0.25) is 0 Å². The Morgan fingerprint density at radius 3 is 2.40 bits per heavy atom. The molecule has 4 heteroatoms. The minimum absolute atomic E-state index is 0.604. The molecule has 2 rings (SSSR count). The van der Waals surface area contributed by atoms with E-state index in [4.69, 9.17) is 9.47 Å². The van der Waals surface area contributed by atoms with Crippen molar-refractivity contribution in [2.24, 2.45) is 0 Å². The number of hydrogen-bond acceptors (Lipinski definition) is 3. The molecule has 0 saturated carbocycles. The average molecular weight is 337 g/mol. The first-order valence-corrected chi connectivity index (χ1v) is 7.02. The number of methoxy groups -OCH3 is 2. The summed E-state index contributed by atoms with van der Waals surface area (Å²) in [4.78, 5) is 0. The number of hydrogen-bond donors (Lipinski definition) is 1. The number of aliphatic hydroxyl groups is 1. The second kappa shape index (κ2) is 6.29. The summed E-state index contributed by atoms with van der Waals surface area (Å²) in [7, 11) is 3.17. The molecule has 0 spiro atoms. The van der Waals surface area contributed by atoms with Crippen molar-refractivity contribution in [3.8, 4) is 11.5 Å². The van der Waals surface area contributed by atoms with Crippen molar-refractivity contribution >= 4 is 15.9 Å². The molecule has 1 unspecified atom stereocenters. The van der Waals surface area contributed by atoms with Gasteiger partial charge in [0, 0.05) is 4.47 Å². The number of benzene rings is 2. The standard InChI is InChI=1S/C16H17BrO3/c1-10-5-4-6-12(15(10)17)16(18)11-7-8-13(19-2)14(9-11)20-3/h4-9,16,18H,1-3H3. The van der Waals surface area contributed by atoms with E-state index in [9.17, 15) is 5.11 Å². The molecule has 1 N–H and O–H groups in total. The molecular formula is C16H17BrO3. The fourth-order valence-corrected chi connectivity index (χ4v) is 2.56. The fourth-order valence-electron chi connectivity index (χ4n) is 2.08. The molecule has 1 atom stereocenters. The van der Waals surface area contributed by atoms with Crippen LogP contribution in [-0.4, -0.2) is 19.3 Å². The molecular weight excluding hydrogens is 320 g/mol. The highest BCUT2D eigenvalue weighted by Crippen LogP contribution is 2.35. The molecule has 0 radical (unpaired) electrons. The van der Waals surface area contributed by atoms with Crippen LogP contribution in [0.25, 0.3) is 0 Å². The van der Waals surface area contributed by atoms with Gasteiger partial charge in [-0.25, -0.2) is 0 Å². The van der Waals surface area contributed by atoms with E-state index in [1.165, 1.54) is 0 Å². The van der Waals surface area contributed by atoms with Crippen LogP contribution in [0.2, 0.25) is 0 Å². The smallest absolute Gasteiger partial charge is 0.161 e. The third-order valence-electron chi connectivity index (χ3n) is 3.24. The van der Waals surface area contributed by atoms with Gasteiger partial charge < -0.3 is 14.6 Å². The largest absolute Gasteiger partial charge is 0.493 e. The maximum absolute atomic E-state index is 10.6. The molecule has 0 bridgehead atoms. The van der Waals surface area contributed by atoms with Crippen LogP contribution in [0.1, 0.15) is 22.8 Å². The van der Waals surface area contributed by atoms with E-state index in [1.54, 1.807) is 26.4 Å². The van der Waals surface area contributed by atoms with Gasteiger partial charge in [0.05, 0.1) is 14.2 Å². The summed E-state index contributed by atoms with van der Waals surface area (Å²) >= 11 is 3.53. The average Bonchev–Trinajstić information content (AvgIpc) is 2.48. The first kappa shape index (κ1) is 14.9. The van der Waals surface area contributed by atoms with E-state index in [-0.39, 0.29) is 0 Å². The number of aliphatic hydroxyl groups excluding tert-OH is 1. The van der Waals surface area contributed by atoms with Gasteiger partial charge >= 0.3 is 0 Å². The molecule has 2 aromatic rings. The molecule has 2 aromatic carbocycles. The number of ether oxygens (including phenoxy) is 2. The molecule has 0 saturated heterocycles. The van der Waals surface area contributed by atoms with Crippen molar-refractivity contribution in [1.29, 1.82) is 0 Å². The second-order valence-electron chi connectivity index (χ2n) is 4.50. The summed E-state index contributed by atoms with van der Waals surface area (Å²) in [5.41, 5.74) is 2.67. The highest BCUT2D eigenvalue weighted by Gasteiger charge is 2.16. The van der Waals surface area contributed by atoms with Crippen molar-refractivity contribution in [3.63, 3.8) is 0 Å². The van der Waals surface area contributed by atoms with Crippen LogP contribution in [0.5, 0.6) is 11.5 Å². The first-order valence-electron chi connectivity index (χ1n) is 6.23. The van der Waals surface area contributed by atoms with Gasteiger partial charge in [0.15, 0.2) is 11.5 Å². The summed E-state index contributed by atoms with van der Waals surface area (Å²) in [6.45, 7) is 1.99. The highest BCUT2D eigenvalue weighted by atomic mass is 79.9. The maximum atomic E-state index is 10.6. The van der Waals surface area contributed by atoms with Gasteiger partial charge in [0.25, 0.3) is 0 Å². The molecule has 0 aromatic heterocycles. The van der Waals surface area contributed by atoms with Crippen LogP contribution in [0.4, 0.5) is 0 Å². The normalized spacial score (nSPS) is 12.1. The summed E-state index contributed by atoms with van der Waals surface area (Å²) in [6.07, 6.45) is -0.718. The molecule has 0 aliphatic rings. The van der Waals surface area contributed by atoms with Crippen LogP contribution >= 0.6 is 15.9 Å². The van der Waals surface area contributed by atoms with Crippen molar-refractivity contribution < 1.29 is 14.6 Å². The van der Waals surface area contributed by atoms with E-state index in [0.717, 1.165) is 21.2 Å². The molecule has 20 heavy (non-hydrogen) atoms. The first-order chi connectivity index (χ1) is 9.58. The topological polar surface area (TPSA) is 38.7 Å². The summed E-state index contributed by atoms with van der Waals surface area (Å²) < 4.78 is 11.4. The van der Waals surface area contributed by atoms with E-state index < -0.39 is 6.10 Å². The minimum atomic E-state index is -0.718. The van der Waals surface area contributed by atoms with Crippen molar-refractivity contribution in [2.45, 2.75) is 13.0 Å². The quantitative estimate of drug-likeness (QED) is 0.921. The fraction of sp³-hybridized carbons (Fsp3) is 0.250. The monoisotopic (exact) mass is 336 g/mol. The Morgan fingerprint density at radius 2 is 1.75 bits per heavy atom. The Morgan fingerprint density at radius 1 is 1.05 bits per heavy atom. The Balaban J connectivity index is 2.43. The zero-order chi connectivity index (χ0) is 14.7. The summed E-state index contributed by atoms with van der Waals surface area (Å²) in [5.74, 6) is 1.25. The van der Waals surface area contributed by atoms with Gasteiger partial charge in [-0.3, -0.25) is 0 Å². The van der Waals surface area contributed by atoms with Crippen LogP contribution in [-0.2, 0) is 0 Å². The molecule has 0 aliphatic carbocycles. The molecule has 0 aliphatic heterocycles. The summed E-state index contributed by atoms with van der Waals surface area (Å²) in [5, 5.41) is 10.6. The Hall–Kier alpha value is -1.52. The lowest BCUT2D eigenvalue weighted by Gasteiger charge is -2.16. The molecule has 0 heterocycles. The van der Waals surface area contributed by atoms with E-state index in [1.807, 2.05) is 31.2 Å².